The summed E-state index contributed by atoms with van der Waals surface area (Å²) in [5.41, 5.74) is 0.430. The van der Waals surface area contributed by atoms with Gasteiger partial charge in [-0.3, -0.25) is 4.57 Å². The van der Waals surface area contributed by atoms with Gasteiger partial charge in [-0.05, 0) is 37.0 Å². The highest BCUT2D eigenvalue weighted by molar-refractivity contribution is 5.76. The van der Waals surface area contributed by atoms with Gasteiger partial charge < -0.3 is 5.32 Å². The van der Waals surface area contributed by atoms with E-state index in [1.807, 2.05) is 0 Å². The normalized spacial score (nSPS) is 24.2. The maximum Gasteiger partial charge on any atom is 0.327 e. The second-order valence-electron chi connectivity index (χ2n) is 6.31. The van der Waals surface area contributed by atoms with Gasteiger partial charge in [0.1, 0.15) is 6.33 Å². The van der Waals surface area contributed by atoms with Crippen LogP contribution in [0.2, 0.25) is 0 Å². The molecule has 1 N–H and O–H groups in total. The van der Waals surface area contributed by atoms with E-state index in [4.69, 9.17) is 0 Å². The second-order valence-corrected chi connectivity index (χ2v) is 6.31. The zero-order valence-electron chi connectivity index (χ0n) is 12.2. The molecule has 4 heteroatoms. The van der Waals surface area contributed by atoms with Gasteiger partial charge in [0.2, 0.25) is 0 Å². The first kappa shape index (κ1) is 14.1. The Kier molecular flexibility index (Phi) is 4.27. The molecule has 0 spiro atoms. The number of hydrogen-bond donors (Lipinski definition) is 1. The molecule has 1 aliphatic rings. The number of amides is 1. The largest absolute Gasteiger partial charge is 0.335 e. The average molecular weight is 263 g/mol. The first-order valence-electron chi connectivity index (χ1n) is 7.31. The summed E-state index contributed by atoms with van der Waals surface area (Å²) in [5.74, 6) is 0.791. The molecular formula is C15H25N3O. The Balaban J connectivity index is 1.82. The molecule has 0 aliphatic heterocycles. The second kappa shape index (κ2) is 5.76. The van der Waals surface area contributed by atoms with Crippen molar-refractivity contribution in [3.05, 3.63) is 18.7 Å². The summed E-state index contributed by atoms with van der Waals surface area (Å²) < 4.78 is 1.50. The van der Waals surface area contributed by atoms with Gasteiger partial charge in [-0.2, -0.15) is 0 Å². The molecule has 2 rings (SSSR count). The van der Waals surface area contributed by atoms with Gasteiger partial charge in [-0.1, -0.05) is 27.2 Å². The van der Waals surface area contributed by atoms with Gasteiger partial charge in [0.25, 0.3) is 0 Å². The van der Waals surface area contributed by atoms with E-state index in [-0.39, 0.29) is 6.03 Å². The summed E-state index contributed by atoms with van der Waals surface area (Å²) in [4.78, 5) is 15.8. The highest BCUT2D eigenvalue weighted by Crippen LogP contribution is 2.40. The van der Waals surface area contributed by atoms with Crippen LogP contribution in [0.15, 0.2) is 18.7 Å². The number of rotatable bonds is 3. The highest BCUT2D eigenvalue weighted by Gasteiger charge is 2.32. The molecule has 0 bridgehead atoms. The lowest BCUT2D eigenvalue weighted by Crippen LogP contribution is -2.41. The van der Waals surface area contributed by atoms with Crippen LogP contribution < -0.4 is 5.32 Å². The van der Waals surface area contributed by atoms with E-state index in [1.54, 1.807) is 18.7 Å². The number of nitrogens with one attached hydrogen (secondary N) is 1. The molecular weight excluding hydrogens is 238 g/mol. The molecule has 0 unspecified atom stereocenters. The van der Waals surface area contributed by atoms with Crippen molar-refractivity contribution in [1.82, 2.24) is 14.9 Å². The van der Waals surface area contributed by atoms with Crippen molar-refractivity contribution in [2.24, 2.45) is 11.3 Å². The molecule has 19 heavy (non-hydrogen) atoms. The van der Waals surface area contributed by atoms with Crippen LogP contribution in [0.25, 0.3) is 0 Å². The molecule has 1 fully saturated rings. The fraction of sp³-hybridized carbons (Fsp3) is 0.733. The van der Waals surface area contributed by atoms with E-state index in [0.29, 0.717) is 11.5 Å². The summed E-state index contributed by atoms with van der Waals surface area (Å²) in [7, 11) is 0. The first-order chi connectivity index (χ1) is 9.03. The minimum absolute atomic E-state index is 0.0595. The first-order valence-corrected chi connectivity index (χ1v) is 7.31. The third-order valence-corrected chi connectivity index (χ3v) is 4.81. The number of carbonyl (C=O) groups is 1. The van der Waals surface area contributed by atoms with Crippen molar-refractivity contribution in [2.45, 2.75) is 58.9 Å². The van der Waals surface area contributed by atoms with Crippen molar-refractivity contribution in [1.29, 1.82) is 0 Å². The van der Waals surface area contributed by atoms with Gasteiger partial charge in [0, 0.05) is 18.4 Å². The van der Waals surface area contributed by atoms with Gasteiger partial charge in [-0.15, -0.1) is 0 Å². The zero-order chi connectivity index (χ0) is 13.9. The summed E-state index contributed by atoms with van der Waals surface area (Å²) in [5, 5.41) is 3.10. The molecule has 1 aromatic heterocycles. The van der Waals surface area contributed by atoms with Crippen LogP contribution in [0.5, 0.6) is 0 Å². The molecule has 1 aliphatic carbocycles. The van der Waals surface area contributed by atoms with E-state index in [1.165, 1.54) is 23.8 Å². The average Bonchev–Trinajstić information content (AvgIpc) is 2.93. The summed E-state index contributed by atoms with van der Waals surface area (Å²) in [6, 6.07) is 0.259. The molecule has 0 aromatic carbocycles. The van der Waals surface area contributed by atoms with E-state index in [0.717, 1.165) is 18.8 Å². The smallest absolute Gasteiger partial charge is 0.327 e. The van der Waals surface area contributed by atoms with Crippen molar-refractivity contribution >= 4 is 6.03 Å². The Labute approximate surface area is 115 Å². The predicted molar refractivity (Wildman–Crippen MR) is 76.0 cm³/mol. The molecule has 106 valence electrons. The number of carbonyl (C=O) groups excluding carboxylic acids is 1. The van der Waals surface area contributed by atoms with Crippen molar-refractivity contribution in [3.8, 4) is 0 Å². The van der Waals surface area contributed by atoms with E-state index in [9.17, 15) is 4.79 Å². The van der Waals surface area contributed by atoms with E-state index < -0.39 is 0 Å². The number of imidazole rings is 1. The van der Waals surface area contributed by atoms with Crippen LogP contribution in [0.4, 0.5) is 4.79 Å². The summed E-state index contributed by atoms with van der Waals surface area (Å²) >= 11 is 0. The molecule has 1 saturated carbocycles. The molecule has 0 saturated heterocycles. The standard InChI is InChI=1S/C15H25N3O/c1-4-15(2,3)12-5-7-13(8-6-12)17-14(19)18-10-9-16-11-18/h9-13H,4-8H2,1-3H3,(H,17,19). The number of hydrogen-bond acceptors (Lipinski definition) is 2. The van der Waals surface area contributed by atoms with Crippen LogP contribution in [0.3, 0.4) is 0 Å². The van der Waals surface area contributed by atoms with Crippen LogP contribution in [0, 0.1) is 11.3 Å². The summed E-state index contributed by atoms with van der Waals surface area (Å²) in [6.07, 6.45) is 10.7. The third kappa shape index (κ3) is 3.37. The highest BCUT2D eigenvalue weighted by atomic mass is 16.2. The monoisotopic (exact) mass is 263 g/mol. The zero-order valence-corrected chi connectivity index (χ0v) is 12.2. The number of nitrogens with zero attached hydrogens (tertiary/aromatic N) is 2. The molecule has 4 nitrogen and oxygen atoms in total. The van der Waals surface area contributed by atoms with Crippen LogP contribution in [-0.4, -0.2) is 21.6 Å². The van der Waals surface area contributed by atoms with Gasteiger partial charge in [0.05, 0.1) is 0 Å². The fourth-order valence-electron chi connectivity index (χ4n) is 2.94. The SMILES string of the molecule is CCC(C)(C)C1CCC(NC(=O)n2ccnc2)CC1. The van der Waals surface area contributed by atoms with Crippen molar-refractivity contribution < 1.29 is 4.79 Å². The Bertz CT molecular complexity index is 403. The van der Waals surface area contributed by atoms with Gasteiger partial charge in [0.15, 0.2) is 0 Å². The maximum atomic E-state index is 11.9. The Morgan fingerprint density at radius 2 is 2.05 bits per heavy atom. The minimum atomic E-state index is -0.0595. The molecule has 0 radical (unpaired) electrons. The predicted octanol–water partition coefficient (Wildman–Crippen LogP) is 3.44. The van der Waals surface area contributed by atoms with Crippen LogP contribution >= 0.6 is 0 Å². The summed E-state index contributed by atoms with van der Waals surface area (Å²) in [6.45, 7) is 7.00. The topological polar surface area (TPSA) is 46.9 Å². The lowest BCUT2D eigenvalue weighted by Gasteiger charge is -2.39. The minimum Gasteiger partial charge on any atom is -0.335 e. The Morgan fingerprint density at radius 3 is 2.58 bits per heavy atom. The lowest BCUT2D eigenvalue weighted by atomic mass is 9.69. The number of aromatic nitrogens is 2. The molecule has 1 heterocycles. The van der Waals surface area contributed by atoms with E-state index in [2.05, 4.69) is 31.1 Å². The molecule has 1 amide bonds. The maximum absolute atomic E-state index is 11.9. The van der Waals surface area contributed by atoms with Crippen LogP contribution in [0.1, 0.15) is 52.9 Å². The van der Waals surface area contributed by atoms with Gasteiger partial charge >= 0.3 is 6.03 Å². The fourth-order valence-corrected chi connectivity index (χ4v) is 2.94. The van der Waals surface area contributed by atoms with Crippen molar-refractivity contribution in [3.63, 3.8) is 0 Å². The quantitative estimate of drug-likeness (QED) is 0.908. The molecule has 1 aromatic rings. The Hall–Kier alpha value is -1.32. The Morgan fingerprint density at radius 1 is 1.37 bits per heavy atom. The van der Waals surface area contributed by atoms with E-state index >= 15 is 0 Å². The molecule has 0 atom stereocenters. The van der Waals surface area contributed by atoms with Crippen molar-refractivity contribution in [2.75, 3.05) is 0 Å². The van der Waals surface area contributed by atoms with Crippen LogP contribution in [-0.2, 0) is 0 Å². The third-order valence-electron chi connectivity index (χ3n) is 4.81. The lowest BCUT2D eigenvalue weighted by molar-refractivity contribution is 0.138. The van der Waals surface area contributed by atoms with Gasteiger partial charge in [-0.25, -0.2) is 9.78 Å².